The Morgan fingerprint density at radius 1 is 1.09 bits per heavy atom. The molecule has 0 aliphatic heterocycles. The lowest BCUT2D eigenvalue weighted by atomic mass is 9.94. The number of aromatic nitrogens is 1. The summed E-state index contributed by atoms with van der Waals surface area (Å²) in [7, 11) is -4.33. The molecule has 0 bridgehead atoms. The predicted octanol–water partition coefficient (Wildman–Crippen LogP) is 4.78. The van der Waals surface area contributed by atoms with Crippen LogP contribution in [0.5, 0.6) is 0 Å². The number of hydrogen-bond acceptors (Lipinski definition) is 5. The number of nitrogens with zero attached hydrogens (tertiary/aromatic N) is 1. The molecule has 2 aromatic carbocycles. The van der Waals surface area contributed by atoms with E-state index in [-0.39, 0.29) is 17.6 Å². The van der Waals surface area contributed by atoms with Crippen LogP contribution < -0.4 is 10.0 Å². The summed E-state index contributed by atoms with van der Waals surface area (Å²) in [5.41, 5.74) is 2.50. The number of benzene rings is 2. The van der Waals surface area contributed by atoms with Crippen molar-refractivity contribution in [2.24, 2.45) is 5.41 Å². The third-order valence-electron chi connectivity index (χ3n) is 4.79. The average molecular weight is 474 g/mol. The number of carbonyl (C=O) groups is 1. The second-order valence-corrected chi connectivity index (χ2v) is 11.0. The van der Waals surface area contributed by atoms with Gasteiger partial charge < -0.3 is 5.32 Å². The van der Waals surface area contributed by atoms with Crippen LogP contribution in [0, 0.1) is 12.3 Å². The van der Waals surface area contributed by atoms with E-state index in [1.165, 1.54) is 0 Å². The molecule has 0 saturated heterocycles. The second kappa shape index (κ2) is 9.40. The highest BCUT2D eigenvalue weighted by Gasteiger charge is 2.27. The van der Waals surface area contributed by atoms with E-state index in [4.69, 9.17) is 9.54 Å². The van der Waals surface area contributed by atoms with Crippen LogP contribution in [0.2, 0.25) is 0 Å². The molecule has 0 aliphatic carbocycles. The van der Waals surface area contributed by atoms with Gasteiger partial charge in [0.1, 0.15) is 5.01 Å². The topological polar surface area (TPSA) is 108 Å². The fraction of sp³-hybridized carbons (Fsp3) is 0.304. The van der Waals surface area contributed by atoms with Gasteiger partial charge in [0.15, 0.2) is 0 Å². The molecule has 1 unspecified atom stereocenters. The highest BCUT2D eigenvalue weighted by molar-refractivity contribution is 7.87. The zero-order chi connectivity index (χ0) is 23.5. The van der Waals surface area contributed by atoms with Crippen LogP contribution in [0.4, 0.5) is 5.69 Å². The van der Waals surface area contributed by atoms with Gasteiger partial charge in [-0.3, -0.25) is 14.1 Å². The van der Waals surface area contributed by atoms with E-state index in [0.717, 1.165) is 26.7 Å². The zero-order valence-electron chi connectivity index (χ0n) is 18.4. The summed E-state index contributed by atoms with van der Waals surface area (Å²) in [6.45, 7) is 7.59. The summed E-state index contributed by atoms with van der Waals surface area (Å²) in [6.07, 6.45) is 0.481. The molecule has 0 aliphatic rings. The zero-order valence-corrected chi connectivity index (χ0v) is 20.0. The van der Waals surface area contributed by atoms with E-state index >= 15 is 0 Å². The van der Waals surface area contributed by atoms with Gasteiger partial charge in [-0.2, -0.15) is 8.42 Å². The van der Waals surface area contributed by atoms with Crippen LogP contribution in [0.15, 0.2) is 54.6 Å². The third-order valence-corrected chi connectivity index (χ3v) is 6.36. The number of amides is 1. The summed E-state index contributed by atoms with van der Waals surface area (Å²) < 4.78 is 33.0. The Labute approximate surface area is 192 Å². The first kappa shape index (κ1) is 23.9. The van der Waals surface area contributed by atoms with Crippen LogP contribution in [-0.4, -0.2) is 23.9 Å². The summed E-state index contributed by atoms with van der Waals surface area (Å²) in [5.74, 6) is -0.0822. The highest BCUT2D eigenvalue weighted by atomic mass is 32.2. The summed E-state index contributed by atoms with van der Waals surface area (Å²) >= 11 is 1.55. The predicted molar refractivity (Wildman–Crippen MR) is 128 cm³/mol. The van der Waals surface area contributed by atoms with Crippen LogP contribution in [0.3, 0.4) is 0 Å². The minimum atomic E-state index is -4.33. The van der Waals surface area contributed by atoms with Gasteiger partial charge in [0.05, 0.1) is 17.4 Å². The number of thiazole rings is 1. The maximum Gasteiger partial charge on any atom is 0.357 e. The molecular weight excluding hydrogens is 446 g/mol. The lowest BCUT2D eigenvalue weighted by molar-refractivity contribution is -0.129. The Kier molecular flexibility index (Phi) is 7.02. The molecule has 3 aromatic rings. The van der Waals surface area contributed by atoms with Gasteiger partial charge in [0.25, 0.3) is 0 Å². The SMILES string of the molecule is Cc1sc(C(Cc2ccc(NS(=O)(=O)O)cc2)NC(=O)C(C)(C)C)nc1-c1ccccc1. The highest BCUT2D eigenvalue weighted by Crippen LogP contribution is 2.32. The monoisotopic (exact) mass is 473 g/mol. The molecule has 0 spiro atoms. The largest absolute Gasteiger partial charge is 0.357 e. The van der Waals surface area contributed by atoms with Gasteiger partial charge in [-0.25, -0.2) is 4.98 Å². The Morgan fingerprint density at radius 2 is 1.72 bits per heavy atom. The lowest BCUT2D eigenvalue weighted by Gasteiger charge is -2.23. The molecule has 0 fully saturated rings. The number of aryl methyl sites for hydroxylation is 1. The van der Waals surface area contributed by atoms with E-state index in [2.05, 4.69) is 5.32 Å². The summed E-state index contributed by atoms with van der Waals surface area (Å²) in [6, 6.07) is 16.2. The molecule has 32 heavy (non-hydrogen) atoms. The molecule has 1 amide bonds. The number of carbonyl (C=O) groups excluding carboxylic acids is 1. The third kappa shape index (κ3) is 6.38. The van der Waals surface area contributed by atoms with Crippen LogP contribution in [-0.2, 0) is 21.5 Å². The first-order valence-corrected chi connectivity index (χ1v) is 12.4. The molecular formula is C23H27N3O4S2. The maximum atomic E-state index is 12.8. The average Bonchev–Trinajstić information content (AvgIpc) is 3.09. The minimum absolute atomic E-state index is 0.0822. The van der Waals surface area contributed by atoms with Crippen molar-refractivity contribution < 1.29 is 17.8 Å². The second-order valence-electron chi connectivity index (χ2n) is 8.58. The van der Waals surface area contributed by atoms with E-state index in [1.54, 1.807) is 35.6 Å². The normalized spacial score (nSPS) is 12.9. The van der Waals surface area contributed by atoms with Gasteiger partial charge in [-0.15, -0.1) is 11.3 Å². The molecule has 7 nitrogen and oxygen atoms in total. The quantitative estimate of drug-likeness (QED) is 0.428. The number of rotatable bonds is 7. The smallest absolute Gasteiger partial charge is 0.346 e. The number of nitrogens with one attached hydrogen (secondary N) is 2. The molecule has 0 radical (unpaired) electrons. The number of hydrogen-bond donors (Lipinski definition) is 3. The molecule has 1 atom stereocenters. The molecule has 3 rings (SSSR count). The van der Waals surface area contributed by atoms with E-state index in [9.17, 15) is 13.2 Å². The van der Waals surface area contributed by atoms with Gasteiger partial charge in [0.2, 0.25) is 5.91 Å². The standard InChI is InChI=1S/C23H27N3O4S2/c1-15-20(17-8-6-5-7-9-17)25-21(31-15)19(24-22(27)23(2,3)4)14-16-10-12-18(13-11-16)26-32(28,29)30/h5-13,19,26H,14H2,1-4H3,(H,24,27)(H,28,29,30). The molecule has 1 heterocycles. The van der Waals surface area contributed by atoms with E-state index in [1.807, 2.05) is 62.7 Å². The fourth-order valence-electron chi connectivity index (χ4n) is 3.10. The van der Waals surface area contributed by atoms with Crippen molar-refractivity contribution >= 4 is 33.2 Å². The fourth-order valence-corrected chi connectivity index (χ4v) is 4.53. The first-order chi connectivity index (χ1) is 14.9. The van der Waals surface area contributed by atoms with Crippen molar-refractivity contribution in [3.8, 4) is 11.3 Å². The number of anilines is 1. The molecule has 170 valence electrons. The van der Waals surface area contributed by atoms with E-state index < -0.39 is 15.7 Å². The van der Waals surface area contributed by atoms with Crippen LogP contribution in [0.25, 0.3) is 11.3 Å². The first-order valence-electron chi connectivity index (χ1n) is 10.1. The van der Waals surface area contributed by atoms with E-state index in [0.29, 0.717) is 6.42 Å². The van der Waals surface area contributed by atoms with Crippen molar-refractivity contribution in [2.45, 2.75) is 40.2 Å². The van der Waals surface area contributed by atoms with Gasteiger partial charge in [-0.1, -0.05) is 63.2 Å². The summed E-state index contributed by atoms with van der Waals surface area (Å²) in [4.78, 5) is 18.7. The van der Waals surface area contributed by atoms with Gasteiger partial charge >= 0.3 is 10.3 Å². The molecule has 1 aromatic heterocycles. The van der Waals surface area contributed by atoms with Gasteiger partial charge in [0, 0.05) is 15.9 Å². The molecule has 0 saturated carbocycles. The Balaban J connectivity index is 1.90. The van der Waals surface area contributed by atoms with Crippen molar-refractivity contribution in [1.82, 2.24) is 10.3 Å². The van der Waals surface area contributed by atoms with Crippen molar-refractivity contribution in [3.05, 3.63) is 70.0 Å². The van der Waals surface area contributed by atoms with Gasteiger partial charge in [-0.05, 0) is 31.0 Å². The minimum Gasteiger partial charge on any atom is -0.346 e. The Hall–Kier alpha value is -2.75. The van der Waals surface area contributed by atoms with Crippen molar-refractivity contribution in [1.29, 1.82) is 0 Å². The van der Waals surface area contributed by atoms with Crippen LogP contribution >= 0.6 is 11.3 Å². The summed E-state index contributed by atoms with van der Waals surface area (Å²) in [5, 5.41) is 3.93. The van der Waals surface area contributed by atoms with Crippen molar-refractivity contribution in [3.63, 3.8) is 0 Å². The molecule has 9 heteroatoms. The lowest BCUT2D eigenvalue weighted by Crippen LogP contribution is -2.38. The van der Waals surface area contributed by atoms with Crippen LogP contribution in [0.1, 0.15) is 42.3 Å². The molecule has 3 N–H and O–H groups in total. The Morgan fingerprint density at radius 3 is 2.28 bits per heavy atom. The van der Waals surface area contributed by atoms with Crippen molar-refractivity contribution in [2.75, 3.05) is 4.72 Å². The Bertz CT molecular complexity index is 1180. The maximum absolute atomic E-state index is 12.8.